The molecule has 0 spiro atoms. The van der Waals surface area contributed by atoms with E-state index in [0.29, 0.717) is 0 Å². The maximum atomic E-state index is 3.69. The van der Waals surface area contributed by atoms with Crippen LogP contribution in [-0.2, 0) is 13.1 Å². The van der Waals surface area contributed by atoms with Gasteiger partial charge in [0.1, 0.15) is 0 Å². The zero-order chi connectivity index (χ0) is 11.1. The van der Waals surface area contributed by atoms with E-state index in [1.54, 1.807) is 0 Å². The monoisotopic (exact) mass is 278 g/mol. The molecule has 0 unspecified atom stereocenters. The molecule has 0 saturated heterocycles. The molecule has 2 aromatic rings. The highest BCUT2D eigenvalue weighted by Crippen LogP contribution is 2.29. The number of hydrogen-bond donors (Lipinski definition) is 1. The lowest BCUT2D eigenvalue weighted by Crippen LogP contribution is -2.11. The van der Waals surface area contributed by atoms with Crippen molar-refractivity contribution >= 4 is 26.8 Å². The van der Waals surface area contributed by atoms with Gasteiger partial charge in [-0.05, 0) is 59.6 Å². The topological polar surface area (TPSA) is 17.0 Å². The van der Waals surface area contributed by atoms with E-state index in [0.717, 1.165) is 19.6 Å². The van der Waals surface area contributed by atoms with Gasteiger partial charge in [-0.15, -0.1) is 0 Å². The molecule has 2 nitrogen and oxygen atoms in total. The van der Waals surface area contributed by atoms with Gasteiger partial charge in [0.05, 0.1) is 5.52 Å². The third-order valence-corrected chi connectivity index (χ3v) is 3.82. The molecular weight excluding hydrogens is 264 g/mol. The average molecular weight is 279 g/mol. The molecule has 1 aliphatic heterocycles. The molecule has 16 heavy (non-hydrogen) atoms. The van der Waals surface area contributed by atoms with Crippen molar-refractivity contribution in [2.45, 2.75) is 26.4 Å². The van der Waals surface area contributed by atoms with Crippen LogP contribution in [0.5, 0.6) is 0 Å². The first-order chi connectivity index (χ1) is 7.75. The third-order valence-electron chi connectivity index (χ3n) is 3.22. The van der Waals surface area contributed by atoms with Crippen molar-refractivity contribution in [1.82, 2.24) is 9.88 Å². The van der Waals surface area contributed by atoms with Crippen molar-refractivity contribution in [1.29, 1.82) is 0 Å². The third kappa shape index (κ3) is 1.59. The molecule has 0 radical (unpaired) electrons. The first-order valence-electron chi connectivity index (χ1n) is 5.75. The fraction of sp³-hybridized carbons (Fsp3) is 0.385. The molecular formula is C13H15BrN2. The van der Waals surface area contributed by atoms with E-state index in [1.807, 2.05) is 0 Å². The predicted octanol–water partition coefficient (Wildman–Crippen LogP) is 3.21. The van der Waals surface area contributed by atoms with E-state index in [9.17, 15) is 0 Å². The molecule has 3 heteroatoms. The van der Waals surface area contributed by atoms with Crippen LogP contribution in [-0.4, -0.2) is 11.1 Å². The fourth-order valence-corrected chi connectivity index (χ4v) is 3.34. The van der Waals surface area contributed by atoms with Crippen LogP contribution in [0.4, 0.5) is 0 Å². The molecule has 3 rings (SSSR count). The SMILES string of the molecule is Cc1cc(Br)c2c(c1)cc1n2CCCNC1. The molecule has 84 valence electrons. The molecule has 1 aromatic heterocycles. The summed E-state index contributed by atoms with van der Waals surface area (Å²) in [5, 5.41) is 4.81. The highest BCUT2D eigenvalue weighted by atomic mass is 79.9. The number of benzene rings is 1. The molecule has 0 amide bonds. The second kappa shape index (κ2) is 3.90. The Labute approximate surface area is 104 Å². The first-order valence-corrected chi connectivity index (χ1v) is 6.54. The van der Waals surface area contributed by atoms with E-state index < -0.39 is 0 Å². The Bertz CT molecular complexity index is 542. The zero-order valence-corrected chi connectivity index (χ0v) is 11.0. The van der Waals surface area contributed by atoms with Gasteiger partial charge in [0.25, 0.3) is 0 Å². The Morgan fingerprint density at radius 2 is 2.19 bits per heavy atom. The number of nitrogens with one attached hydrogen (secondary N) is 1. The Hall–Kier alpha value is -0.800. The van der Waals surface area contributed by atoms with Gasteiger partial charge >= 0.3 is 0 Å². The van der Waals surface area contributed by atoms with Crippen molar-refractivity contribution in [3.63, 3.8) is 0 Å². The highest BCUT2D eigenvalue weighted by molar-refractivity contribution is 9.10. The van der Waals surface area contributed by atoms with Gasteiger partial charge in [0.2, 0.25) is 0 Å². The van der Waals surface area contributed by atoms with Crippen LogP contribution in [0, 0.1) is 6.92 Å². The largest absolute Gasteiger partial charge is 0.342 e. The number of halogens is 1. The van der Waals surface area contributed by atoms with Crippen molar-refractivity contribution in [2.75, 3.05) is 6.54 Å². The Morgan fingerprint density at radius 3 is 3.06 bits per heavy atom. The minimum absolute atomic E-state index is 0.986. The lowest BCUT2D eigenvalue weighted by atomic mass is 10.2. The van der Waals surface area contributed by atoms with Crippen LogP contribution in [0.15, 0.2) is 22.7 Å². The Morgan fingerprint density at radius 1 is 1.31 bits per heavy atom. The number of hydrogen-bond acceptors (Lipinski definition) is 1. The lowest BCUT2D eigenvalue weighted by molar-refractivity contribution is 0.653. The molecule has 1 N–H and O–H groups in total. The van der Waals surface area contributed by atoms with Gasteiger partial charge in [0.15, 0.2) is 0 Å². The lowest BCUT2D eigenvalue weighted by Gasteiger charge is -2.07. The molecule has 0 fully saturated rings. The summed E-state index contributed by atoms with van der Waals surface area (Å²) < 4.78 is 3.66. The van der Waals surface area contributed by atoms with E-state index in [1.165, 1.54) is 33.1 Å². The minimum Gasteiger partial charge on any atom is -0.342 e. The van der Waals surface area contributed by atoms with E-state index in [4.69, 9.17) is 0 Å². The smallest absolute Gasteiger partial charge is 0.0627 e. The number of aryl methyl sites for hydroxylation is 2. The van der Waals surface area contributed by atoms with E-state index in [2.05, 4.69) is 50.9 Å². The van der Waals surface area contributed by atoms with E-state index in [-0.39, 0.29) is 0 Å². The fourth-order valence-electron chi connectivity index (χ4n) is 2.54. The van der Waals surface area contributed by atoms with Crippen molar-refractivity contribution in [3.05, 3.63) is 33.9 Å². The zero-order valence-electron chi connectivity index (χ0n) is 9.39. The predicted molar refractivity (Wildman–Crippen MR) is 70.7 cm³/mol. The molecule has 0 bridgehead atoms. The van der Waals surface area contributed by atoms with Crippen LogP contribution < -0.4 is 5.32 Å². The maximum absolute atomic E-state index is 3.69. The van der Waals surface area contributed by atoms with Gasteiger partial charge in [-0.3, -0.25) is 0 Å². The van der Waals surface area contributed by atoms with Crippen LogP contribution >= 0.6 is 15.9 Å². The molecule has 2 heterocycles. The highest BCUT2D eigenvalue weighted by Gasteiger charge is 2.13. The minimum atomic E-state index is 0.986. The van der Waals surface area contributed by atoms with Crippen LogP contribution in [0.1, 0.15) is 17.7 Å². The number of aromatic nitrogens is 1. The summed E-state index contributed by atoms with van der Waals surface area (Å²) >= 11 is 3.69. The van der Waals surface area contributed by atoms with Crippen molar-refractivity contribution < 1.29 is 0 Å². The van der Waals surface area contributed by atoms with Gasteiger partial charge in [-0.2, -0.15) is 0 Å². The van der Waals surface area contributed by atoms with Gasteiger partial charge in [-0.25, -0.2) is 0 Å². The maximum Gasteiger partial charge on any atom is 0.0627 e. The summed E-state index contributed by atoms with van der Waals surface area (Å²) in [6.07, 6.45) is 1.21. The van der Waals surface area contributed by atoms with Crippen molar-refractivity contribution in [3.8, 4) is 0 Å². The second-order valence-electron chi connectivity index (χ2n) is 4.50. The molecule has 0 atom stereocenters. The quantitative estimate of drug-likeness (QED) is 0.783. The summed E-state index contributed by atoms with van der Waals surface area (Å²) in [5.41, 5.74) is 4.07. The van der Waals surface area contributed by atoms with Gasteiger partial charge < -0.3 is 9.88 Å². The summed E-state index contributed by atoms with van der Waals surface area (Å²) in [6, 6.07) is 6.78. The molecule has 1 aromatic carbocycles. The molecule has 1 aliphatic rings. The van der Waals surface area contributed by atoms with E-state index >= 15 is 0 Å². The van der Waals surface area contributed by atoms with Crippen LogP contribution in [0.2, 0.25) is 0 Å². The standard InChI is InChI=1S/C13H15BrN2/c1-9-5-10-7-11-8-15-3-2-4-16(11)13(10)12(14)6-9/h5-7,15H,2-4,8H2,1H3. The molecule has 0 saturated carbocycles. The number of nitrogens with zero attached hydrogens (tertiary/aromatic N) is 1. The van der Waals surface area contributed by atoms with Crippen LogP contribution in [0.25, 0.3) is 10.9 Å². The Kier molecular flexibility index (Phi) is 2.52. The summed E-state index contributed by atoms with van der Waals surface area (Å²) in [5.74, 6) is 0. The van der Waals surface area contributed by atoms with Gasteiger partial charge in [0, 0.05) is 28.6 Å². The Balaban J connectivity index is 2.29. The molecule has 0 aliphatic carbocycles. The summed E-state index contributed by atoms with van der Waals surface area (Å²) in [7, 11) is 0. The normalized spacial score (nSPS) is 16.1. The first kappa shape index (κ1) is 10.4. The summed E-state index contributed by atoms with van der Waals surface area (Å²) in [6.45, 7) is 5.37. The van der Waals surface area contributed by atoms with Gasteiger partial charge in [-0.1, -0.05) is 0 Å². The number of rotatable bonds is 0. The average Bonchev–Trinajstić information content (AvgIpc) is 2.42. The number of fused-ring (bicyclic) bond motifs is 3. The second-order valence-corrected chi connectivity index (χ2v) is 5.36. The van der Waals surface area contributed by atoms with Crippen LogP contribution in [0.3, 0.4) is 0 Å². The van der Waals surface area contributed by atoms with Crippen molar-refractivity contribution in [2.24, 2.45) is 0 Å². The summed E-state index contributed by atoms with van der Waals surface area (Å²) in [4.78, 5) is 0.